The number of anilines is 1. The molecule has 0 atom stereocenters. The van der Waals surface area contributed by atoms with Gasteiger partial charge in [0.25, 0.3) is 5.91 Å². The van der Waals surface area contributed by atoms with Crippen molar-refractivity contribution in [1.29, 1.82) is 5.26 Å². The van der Waals surface area contributed by atoms with E-state index in [2.05, 4.69) is 11.4 Å². The van der Waals surface area contributed by atoms with Crippen LogP contribution >= 0.6 is 0 Å². The van der Waals surface area contributed by atoms with Gasteiger partial charge in [-0.2, -0.15) is 5.26 Å². The van der Waals surface area contributed by atoms with E-state index in [4.69, 9.17) is 4.74 Å². The highest BCUT2D eigenvalue weighted by atomic mass is 16.5. The lowest BCUT2D eigenvalue weighted by Gasteiger charge is -2.10. The van der Waals surface area contributed by atoms with Crippen molar-refractivity contribution in [1.82, 2.24) is 4.57 Å². The van der Waals surface area contributed by atoms with Gasteiger partial charge in [0.2, 0.25) is 0 Å². The highest BCUT2D eigenvalue weighted by Gasteiger charge is 2.19. The number of hydrogen-bond acceptors (Lipinski definition) is 3. The molecule has 0 saturated carbocycles. The van der Waals surface area contributed by atoms with Crippen LogP contribution in [0.5, 0.6) is 5.75 Å². The number of carbonyl (C=O) groups is 1. The molecule has 3 rings (SSSR count). The monoisotopic (exact) mass is 333 g/mol. The van der Waals surface area contributed by atoms with Crippen molar-refractivity contribution >= 4 is 22.6 Å². The summed E-state index contributed by atoms with van der Waals surface area (Å²) in [7, 11) is 1.60. The first-order valence-corrected chi connectivity index (χ1v) is 8.07. The van der Waals surface area contributed by atoms with Crippen LogP contribution in [-0.2, 0) is 6.54 Å². The number of amides is 1. The van der Waals surface area contributed by atoms with Crippen molar-refractivity contribution in [2.75, 3.05) is 12.4 Å². The number of ether oxygens (including phenoxy) is 1. The summed E-state index contributed by atoms with van der Waals surface area (Å²) >= 11 is 0. The summed E-state index contributed by atoms with van der Waals surface area (Å²) in [6.07, 6.45) is 0. The Bertz CT molecular complexity index is 996. The van der Waals surface area contributed by atoms with Crippen molar-refractivity contribution in [3.8, 4) is 11.8 Å². The molecule has 5 heteroatoms. The zero-order chi connectivity index (χ0) is 18.0. The van der Waals surface area contributed by atoms with Crippen LogP contribution in [0, 0.1) is 18.3 Å². The van der Waals surface area contributed by atoms with Gasteiger partial charge >= 0.3 is 0 Å². The summed E-state index contributed by atoms with van der Waals surface area (Å²) in [6.45, 7) is 4.53. The van der Waals surface area contributed by atoms with Crippen molar-refractivity contribution in [3.63, 3.8) is 0 Å². The molecule has 126 valence electrons. The molecule has 1 heterocycles. The molecule has 0 spiro atoms. The highest BCUT2D eigenvalue weighted by Crippen LogP contribution is 2.32. The summed E-state index contributed by atoms with van der Waals surface area (Å²) < 4.78 is 7.21. The third kappa shape index (κ3) is 2.94. The average Bonchev–Trinajstić information content (AvgIpc) is 2.92. The molecule has 2 aromatic carbocycles. The van der Waals surface area contributed by atoms with Gasteiger partial charge in [-0.1, -0.05) is 17.7 Å². The van der Waals surface area contributed by atoms with E-state index in [0.29, 0.717) is 29.2 Å². The number of methoxy groups -OCH3 is 1. The Kier molecular flexibility index (Phi) is 4.44. The van der Waals surface area contributed by atoms with Crippen LogP contribution in [0.25, 0.3) is 10.9 Å². The lowest BCUT2D eigenvalue weighted by Crippen LogP contribution is -2.16. The second kappa shape index (κ2) is 6.70. The molecular weight excluding hydrogens is 314 g/mol. The number of aryl methyl sites for hydroxylation is 2. The molecule has 3 aromatic rings. The van der Waals surface area contributed by atoms with Gasteiger partial charge in [0.15, 0.2) is 0 Å². The van der Waals surface area contributed by atoms with Crippen LogP contribution < -0.4 is 10.1 Å². The van der Waals surface area contributed by atoms with Gasteiger partial charge in [-0.05, 0) is 38.1 Å². The van der Waals surface area contributed by atoms with E-state index >= 15 is 0 Å². The normalized spacial score (nSPS) is 10.5. The Labute approximate surface area is 146 Å². The summed E-state index contributed by atoms with van der Waals surface area (Å²) in [6, 6.07) is 15.1. The molecule has 0 bridgehead atoms. The fourth-order valence-corrected chi connectivity index (χ4v) is 2.99. The molecular formula is C20H19N3O2. The van der Waals surface area contributed by atoms with E-state index < -0.39 is 0 Å². The molecule has 0 unspecified atom stereocenters. The van der Waals surface area contributed by atoms with E-state index in [-0.39, 0.29) is 5.91 Å². The Morgan fingerprint density at radius 1 is 1.28 bits per heavy atom. The summed E-state index contributed by atoms with van der Waals surface area (Å²) in [5.74, 6) is 0.991. The molecule has 1 amide bonds. The fraction of sp³-hybridized carbons (Fsp3) is 0.200. The van der Waals surface area contributed by atoms with Gasteiger partial charge in [-0.25, -0.2) is 0 Å². The van der Waals surface area contributed by atoms with Gasteiger partial charge < -0.3 is 14.6 Å². The van der Waals surface area contributed by atoms with Gasteiger partial charge in [-0.15, -0.1) is 0 Å². The standard InChI is InChI=1S/C20H19N3O2/c1-4-23-18-11-15(25-3)8-9-16(18)17(12-21)19(23)22-20(24)14-7-5-6-13(2)10-14/h5-11H,4H2,1-3H3,(H,22,24). The molecule has 1 N–H and O–H groups in total. The number of nitriles is 1. The van der Waals surface area contributed by atoms with Gasteiger partial charge in [-0.3, -0.25) is 4.79 Å². The average molecular weight is 333 g/mol. The van der Waals surface area contributed by atoms with Crippen molar-refractivity contribution in [2.24, 2.45) is 0 Å². The Morgan fingerprint density at radius 2 is 2.08 bits per heavy atom. The Morgan fingerprint density at radius 3 is 2.72 bits per heavy atom. The summed E-state index contributed by atoms with van der Waals surface area (Å²) in [4.78, 5) is 12.6. The van der Waals surface area contributed by atoms with Crippen molar-refractivity contribution < 1.29 is 9.53 Å². The summed E-state index contributed by atoms with van der Waals surface area (Å²) in [5.41, 5.74) is 2.89. The third-order valence-electron chi connectivity index (χ3n) is 4.21. The smallest absolute Gasteiger partial charge is 0.256 e. The predicted molar refractivity (Wildman–Crippen MR) is 98.0 cm³/mol. The van der Waals surface area contributed by atoms with E-state index in [1.807, 2.05) is 54.8 Å². The maximum atomic E-state index is 12.6. The number of nitrogens with zero attached hydrogens (tertiary/aromatic N) is 2. The van der Waals surface area contributed by atoms with Crippen LogP contribution in [0.4, 0.5) is 5.82 Å². The third-order valence-corrected chi connectivity index (χ3v) is 4.21. The number of benzene rings is 2. The number of aromatic nitrogens is 1. The molecule has 0 saturated heterocycles. The van der Waals surface area contributed by atoms with Gasteiger partial charge in [0.05, 0.1) is 12.6 Å². The number of nitrogens with one attached hydrogen (secondary N) is 1. The summed E-state index contributed by atoms with van der Waals surface area (Å²) in [5, 5.41) is 13.3. The number of fused-ring (bicyclic) bond motifs is 1. The number of rotatable bonds is 4. The number of hydrogen-bond donors (Lipinski definition) is 1. The van der Waals surface area contributed by atoms with Crippen LogP contribution in [0.1, 0.15) is 28.4 Å². The van der Waals surface area contributed by atoms with Crippen LogP contribution in [-0.4, -0.2) is 17.6 Å². The van der Waals surface area contributed by atoms with Crippen LogP contribution in [0.15, 0.2) is 42.5 Å². The number of carbonyl (C=O) groups excluding carboxylic acids is 1. The van der Waals surface area contributed by atoms with Crippen LogP contribution in [0.3, 0.4) is 0 Å². The maximum absolute atomic E-state index is 12.6. The quantitative estimate of drug-likeness (QED) is 0.781. The Hall–Kier alpha value is -3.26. The topological polar surface area (TPSA) is 67.0 Å². The van der Waals surface area contributed by atoms with E-state index in [0.717, 1.165) is 16.5 Å². The molecule has 0 aliphatic carbocycles. The molecule has 1 aromatic heterocycles. The second-order valence-corrected chi connectivity index (χ2v) is 5.79. The fourth-order valence-electron chi connectivity index (χ4n) is 2.99. The maximum Gasteiger partial charge on any atom is 0.256 e. The van der Waals surface area contributed by atoms with E-state index in [1.165, 1.54) is 0 Å². The van der Waals surface area contributed by atoms with Gasteiger partial charge in [0.1, 0.15) is 23.2 Å². The minimum absolute atomic E-state index is 0.232. The van der Waals surface area contributed by atoms with Crippen LogP contribution in [0.2, 0.25) is 0 Å². The first-order valence-electron chi connectivity index (χ1n) is 8.07. The minimum atomic E-state index is -0.232. The van der Waals surface area contributed by atoms with Gasteiger partial charge in [0, 0.05) is 23.6 Å². The largest absolute Gasteiger partial charge is 0.497 e. The lowest BCUT2D eigenvalue weighted by molar-refractivity contribution is 0.102. The SMILES string of the molecule is CCn1c(NC(=O)c2cccc(C)c2)c(C#N)c2ccc(OC)cc21. The zero-order valence-electron chi connectivity index (χ0n) is 14.5. The molecule has 0 aliphatic rings. The van der Waals surface area contributed by atoms with E-state index in [9.17, 15) is 10.1 Å². The molecule has 0 aliphatic heterocycles. The minimum Gasteiger partial charge on any atom is -0.497 e. The zero-order valence-corrected chi connectivity index (χ0v) is 14.5. The van der Waals surface area contributed by atoms with E-state index in [1.54, 1.807) is 13.2 Å². The molecule has 0 radical (unpaired) electrons. The molecule has 5 nitrogen and oxygen atoms in total. The Balaban J connectivity index is 2.12. The second-order valence-electron chi connectivity index (χ2n) is 5.79. The first-order chi connectivity index (χ1) is 12.1. The molecule has 25 heavy (non-hydrogen) atoms. The lowest BCUT2D eigenvalue weighted by atomic mass is 10.1. The highest BCUT2D eigenvalue weighted by molar-refractivity contribution is 6.07. The molecule has 0 fully saturated rings. The predicted octanol–water partition coefficient (Wildman–Crippen LogP) is 4.10. The first kappa shape index (κ1) is 16.6. The van der Waals surface area contributed by atoms with Crippen molar-refractivity contribution in [2.45, 2.75) is 20.4 Å². The van der Waals surface area contributed by atoms with Crippen molar-refractivity contribution in [3.05, 3.63) is 59.2 Å².